The first kappa shape index (κ1) is 21.3. The van der Waals surface area contributed by atoms with Crippen LogP contribution in [0, 0.1) is 0 Å². The summed E-state index contributed by atoms with van der Waals surface area (Å²) in [7, 11) is 3.18. The monoisotopic (exact) mass is 370 g/mol. The molecule has 25 heavy (non-hydrogen) atoms. The molecular formula is C18H27ClN2O4. The largest absolute Gasteiger partial charge is 0.493 e. The molecule has 1 aromatic carbocycles. The minimum Gasteiger partial charge on any atom is -0.493 e. The standard InChI is InChI=1S/C18H26N2O4.ClH/c1-22-16-6-4-15(14-17(16)23-2)5-7-18(21)19-8-3-9-20-10-12-24-13-11-20;/h4-7,14H,3,8-13H2,1-2H3,(H,19,21);1H/b7-5+;. The summed E-state index contributed by atoms with van der Waals surface area (Å²) in [6, 6.07) is 5.53. The average molecular weight is 371 g/mol. The maximum Gasteiger partial charge on any atom is 0.243 e. The highest BCUT2D eigenvalue weighted by Gasteiger charge is 2.09. The highest BCUT2D eigenvalue weighted by atomic mass is 35.5. The minimum absolute atomic E-state index is 0. The number of hydrogen-bond donors (Lipinski definition) is 1. The van der Waals surface area contributed by atoms with Crippen LogP contribution in [0.1, 0.15) is 12.0 Å². The molecule has 2 rings (SSSR count). The van der Waals surface area contributed by atoms with E-state index in [2.05, 4.69) is 10.2 Å². The van der Waals surface area contributed by atoms with Gasteiger partial charge in [0.2, 0.25) is 5.91 Å². The number of benzene rings is 1. The van der Waals surface area contributed by atoms with E-state index in [1.807, 2.05) is 18.2 Å². The van der Waals surface area contributed by atoms with Crippen molar-refractivity contribution >= 4 is 24.4 Å². The van der Waals surface area contributed by atoms with Gasteiger partial charge in [0.15, 0.2) is 11.5 Å². The van der Waals surface area contributed by atoms with Crippen LogP contribution in [0.15, 0.2) is 24.3 Å². The maximum atomic E-state index is 11.9. The van der Waals surface area contributed by atoms with Crippen molar-refractivity contribution in [2.45, 2.75) is 6.42 Å². The first-order valence-corrected chi connectivity index (χ1v) is 8.21. The number of nitrogens with one attached hydrogen (secondary N) is 1. The maximum absolute atomic E-state index is 11.9. The summed E-state index contributed by atoms with van der Waals surface area (Å²) in [5.41, 5.74) is 0.885. The summed E-state index contributed by atoms with van der Waals surface area (Å²) in [4.78, 5) is 14.2. The normalized spacial score (nSPS) is 14.8. The second kappa shape index (κ2) is 11.7. The summed E-state index contributed by atoms with van der Waals surface area (Å²) in [5, 5.41) is 2.90. The second-order valence-corrected chi connectivity index (χ2v) is 5.55. The lowest BCUT2D eigenvalue weighted by molar-refractivity contribution is -0.116. The van der Waals surface area contributed by atoms with Crippen molar-refractivity contribution in [1.29, 1.82) is 0 Å². The van der Waals surface area contributed by atoms with Crippen LogP contribution in [0.2, 0.25) is 0 Å². The van der Waals surface area contributed by atoms with E-state index in [1.165, 1.54) is 6.08 Å². The number of rotatable bonds is 8. The van der Waals surface area contributed by atoms with Gasteiger partial charge in [-0.1, -0.05) is 6.07 Å². The van der Waals surface area contributed by atoms with Gasteiger partial charge in [0.25, 0.3) is 0 Å². The molecule has 0 aromatic heterocycles. The van der Waals surface area contributed by atoms with E-state index < -0.39 is 0 Å². The number of ether oxygens (including phenoxy) is 3. The van der Waals surface area contributed by atoms with Gasteiger partial charge in [-0.05, 0) is 36.7 Å². The molecule has 0 radical (unpaired) electrons. The third kappa shape index (κ3) is 7.34. The van der Waals surface area contributed by atoms with E-state index in [0.717, 1.165) is 44.8 Å². The van der Waals surface area contributed by atoms with Crippen molar-refractivity contribution in [3.63, 3.8) is 0 Å². The fourth-order valence-electron chi connectivity index (χ4n) is 2.53. The second-order valence-electron chi connectivity index (χ2n) is 5.55. The van der Waals surface area contributed by atoms with E-state index >= 15 is 0 Å². The lowest BCUT2D eigenvalue weighted by atomic mass is 10.2. The number of carbonyl (C=O) groups excluding carboxylic acids is 1. The number of carbonyl (C=O) groups is 1. The molecule has 0 unspecified atom stereocenters. The van der Waals surface area contributed by atoms with Crippen molar-refractivity contribution in [3.8, 4) is 11.5 Å². The Morgan fingerprint density at radius 2 is 1.96 bits per heavy atom. The molecule has 1 aromatic rings. The van der Waals surface area contributed by atoms with Crippen molar-refractivity contribution < 1.29 is 19.0 Å². The number of morpholine rings is 1. The van der Waals surface area contributed by atoms with Gasteiger partial charge in [-0.3, -0.25) is 9.69 Å². The van der Waals surface area contributed by atoms with E-state index in [-0.39, 0.29) is 18.3 Å². The van der Waals surface area contributed by atoms with E-state index in [1.54, 1.807) is 20.3 Å². The van der Waals surface area contributed by atoms with Gasteiger partial charge in [0.1, 0.15) is 0 Å². The van der Waals surface area contributed by atoms with Crippen LogP contribution in [0.5, 0.6) is 11.5 Å². The van der Waals surface area contributed by atoms with Crippen LogP contribution in [0.3, 0.4) is 0 Å². The number of amides is 1. The van der Waals surface area contributed by atoms with Crippen LogP contribution in [0.4, 0.5) is 0 Å². The third-order valence-corrected chi connectivity index (χ3v) is 3.89. The molecule has 0 spiro atoms. The van der Waals surface area contributed by atoms with Gasteiger partial charge < -0.3 is 19.5 Å². The Morgan fingerprint density at radius 1 is 1.24 bits per heavy atom. The molecule has 1 fully saturated rings. The third-order valence-electron chi connectivity index (χ3n) is 3.89. The molecule has 0 bridgehead atoms. The fraction of sp³-hybridized carbons (Fsp3) is 0.500. The first-order valence-electron chi connectivity index (χ1n) is 8.21. The Balaban J connectivity index is 0.00000312. The van der Waals surface area contributed by atoms with E-state index in [4.69, 9.17) is 14.2 Å². The summed E-state index contributed by atoms with van der Waals surface area (Å²) >= 11 is 0. The molecule has 1 amide bonds. The zero-order valence-corrected chi connectivity index (χ0v) is 15.6. The van der Waals surface area contributed by atoms with Gasteiger partial charge in [-0.25, -0.2) is 0 Å². The molecule has 0 atom stereocenters. The molecule has 0 aliphatic carbocycles. The lowest BCUT2D eigenvalue weighted by Gasteiger charge is -2.26. The molecular weight excluding hydrogens is 344 g/mol. The quantitative estimate of drug-likeness (QED) is 0.560. The van der Waals surface area contributed by atoms with Gasteiger partial charge >= 0.3 is 0 Å². The molecule has 7 heteroatoms. The van der Waals surface area contributed by atoms with Crippen LogP contribution in [-0.2, 0) is 9.53 Å². The highest BCUT2D eigenvalue weighted by molar-refractivity contribution is 5.91. The van der Waals surface area contributed by atoms with Crippen LogP contribution in [0.25, 0.3) is 6.08 Å². The summed E-state index contributed by atoms with van der Waals surface area (Å²) < 4.78 is 15.8. The predicted molar refractivity (Wildman–Crippen MR) is 101 cm³/mol. The topological polar surface area (TPSA) is 60.0 Å². The van der Waals surface area contributed by atoms with Crippen molar-refractivity contribution in [1.82, 2.24) is 10.2 Å². The Bertz CT molecular complexity index is 560. The number of hydrogen-bond acceptors (Lipinski definition) is 5. The summed E-state index contributed by atoms with van der Waals surface area (Å²) in [5.74, 6) is 1.22. The van der Waals surface area contributed by atoms with Gasteiger partial charge in [-0.2, -0.15) is 0 Å². The van der Waals surface area contributed by atoms with E-state index in [9.17, 15) is 4.79 Å². The number of methoxy groups -OCH3 is 2. The average Bonchev–Trinajstić information content (AvgIpc) is 2.64. The SMILES string of the molecule is COc1ccc(/C=C/C(=O)NCCCN2CCOCC2)cc1OC.Cl. The van der Waals surface area contributed by atoms with Gasteiger partial charge in [-0.15, -0.1) is 12.4 Å². The molecule has 1 heterocycles. The molecule has 0 saturated carbocycles. The van der Waals surface area contributed by atoms with Gasteiger partial charge in [0, 0.05) is 25.7 Å². The molecule has 6 nitrogen and oxygen atoms in total. The molecule has 140 valence electrons. The summed E-state index contributed by atoms with van der Waals surface area (Å²) in [6.07, 6.45) is 4.24. The van der Waals surface area contributed by atoms with Crippen molar-refractivity contribution in [3.05, 3.63) is 29.8 Å². The predicted octanol–water partition coefficient (Wildman–Crippen LogP) is 1.98. The van der Waals surface area contributed by atoms with Gasteiger partial charge in [0.05, 0.1) is 27.4 Å². The highest BCUT2D eigenvalue weighted by Crippen LogP contribution is 2.27. The summed E-state index contributed by atoms with van der Waals surface area (Å²) in [6.45, 7) is 5.23. The molecule has 1 aliphatic heterocycles. The number of halogens is 1. The van der Waals surface area contributed by atoms with Crippen LogP contribution >= 0.6 is 12.4 Å². The van der Waals surface area contributed by atoms with Crippen molar-refractivity contribution in [2.75, 3.05) is 53.6 Å². The Hall–Kier alpha value is -1.76. The lowest BCUT2D eigenvalue weighted by Crippen LogP contribution is -2.38. The smallest absolute Gasteiger partial charge is 0.243 e. The van der Waals surface area contributed by atoms with Crippen LogP contribution < -0.4 is 14.8 Å². The molecule has 1 aliphatic rings. The molecule has 1 saturated heterocycles. The van der Waals surface area contributed by atoms with Crippen LogP contribution in [-0.4, -0.2) is 64.4 Å². The Labute approximate surface area is 155 Å². The molecule has 1 N–H and O–H groups in total. The zero-order valence-electron chi connectivity index (χ0n) is 14.8. The zero-order chi connectivity index (χ0) is 17.2. The number of nitrogens with zero attached hydrogens (tertiary/aromatic N) is 1. The fourth-order valence-corrected chi connectivity index (χ4v) is 2.53. The Morgan fingerprint density at radius 3 is 2.64 bits per heavy atom. The van der Waals surface area contributed by atoms with E-state index in [0.29, 0.717) is 18.0 Å². The minimum atomic E-state index is -0.0910. The Kier molecular flexibility index (Phi) is 9.99. The first-order chi connectivity index (χ1) is 11.7. The van der Waals surface area contributed by atoms with Crippen molar-refractivity contribution in [2.24, 2.45) is 0 Å².